The van der Waals surface area contributed by atoms with Crippen LogP contribution in [0.15, 0.2) is 30.3 Å². The molecule has 0 aromatic heterocycles. The van der Waals surface area contributed by atoms with Crippen LogP contribution in [0.3, 0.4) is 0 Å². The summed E-state index contributed by atoms with van der Waals surface area (Å²) in [5.74, 6) is -1.55. The molecule has 0 saturated heterocycles. The van der Waals surface area contributed by atoms with Gasteiger partial charge in [0, 0.05) is 12.2 Å². The Morgan fingerprint density at radius 2 is 0.708 bits per heavy atom. The van der Waals surface area contributed by atoms with Crippen molar-refractivity contribution in [1.82, 2.24) is 0 Å². The third kappa shape index (κ3) is 30.2. The molecule has 0 unspecified atom stereocenters. The molecule has 10 heteroatoms. The molecule has 1 aromatic rings. The average molecular weight is 683 g/mol. The second-order valence-corrected chi connectivity index (χ2v) is 11.7. The fraction of sp³-hybridized carbons (Fsp3) is 0.789. The van der Waals surface area contributed by atoms with Crippen molar-refractivity contribution in [3.8, 4) is 0 Å². The maximum Gasteiger partial charge on any atom is 0.379 e. The standard InChI is InChI=1S/C38H66O10/c1-2-3-4-5-6-7-8-9-10-11-12-13-14-18-21-41-22-23-42-24-25-43-26-27-44-28-29-45-30-31-46-32-33-47-34-35-48-38(40)37(39)36-19-16-15-17-20-36/h15-17,19-20H,2-14,18,21-35H2,1H3. The van der Waals surface area contributed by atoms with Gasteiger partial charge in [-0.25, -0.2) is 4.79 Å². The van der Waals surface area contributed by atoms with Crippen molar-refractivity contribution < 1.29 is 47.5 Å². The highest BCUT2D eigenvalue weighted by atomic mass is 16.6. The van der Waals surface area contributed by atoms with Crippen LogP contribution in [-0.2, 0) is 42.7 Å². The summed E-state index contributed by atoms with van der Waals surface area (Å²) in [4.78, 5) is 23.6. The molecule has 1 aromatic carbocycles. The normalized spacial score (nSPS) is 11.3. The summed E-state index contributed by atoms with van der Waals surface area (Å²) in [5, 5.41) is 0. The molecule has 0 bridgehead atoms. The van der Waals surface area contributed by atoms with Crippen LogP contribution >= 0.6 is 0 Å². The van der Waals surface area contributed by atoms with E-state index in [2.05, 4.69) is 6.92 Å². The zero-order valence-electron chi connectivity index (χ0n) is 30.0. The van der Waals surface area contributed by atoms with Crippen molar-refractivity contribution in [2.45, 2.75) is 96.8 Å². The van der Waals surface area contributed by atoms with E-state index in [1.807, 2.05) is 0 Å². The van der Waals surface area contributed by atoms with Crippen molar-refractivity contribution in [1.29, 1.82) is 0 Å². The van der Waals surface area contributed by atoms with Crippen molar-refractivity contribution in [3.63, 3.8) is 0 Å². The fourth-order valence-corrected chi connectivity index (χ4v) is 4.79. The second kappa shape index (κ2) is 36.4. The zero-order valence-corrected chi connectivity index (χ0v) is 30.0. The highest BCUT2D eigenvalue weighted by molar-refractivity contribution is 6.40. The highest BCUT2D eigenvalue weighted by Crippen LogP contribution is 2.13. The van der Waals surface area contributed by atoms with Crippen LogP contribution in [0.5, 0.6) is 0 Å². The first-order chi connectivity index (χ1) is 23.8. The summed E-state index contributed by atoms with van der Waals surface area (Å²) < 4.78 is 43.4. The van der Waals surface area contributed by atoms with E-state index in [-0.39, 0.29) is 13.2 Å². The molecule has 1 rings (SSSR count). The molecule has 0 atom stereocenters. The third-order valence-electron chi connectivity index (χ3n) is 7.56. The molecule has 0 spiro atoms. The first kappa shape index (κ1) is 44.1. The van der Waals surface area contributed by atoms with Crippen LogP contribution in [0.2, 0.25) is 0 Å². The number of hydrogen-bond donors (Lipinski definition) is 0. The maximum absolute atomic E-state index is 11.9. The van der Waals surface area contributed by atoms with Gasteiger partial charge in [-0.15, -0.1) is 0 Å². The molecule has 0 radical (unpaired) electrons. The smallest absolute Gasteiger partial charge is 0.379 e. The van der Waals surface area contributed by atoms with Gasteiger partial charge in [-0.3, -0.25) is 4.79 Å². The Bertz CT molecular complexity index is 823. The Morgan fingerprint density at radius 3 is 1.08 bits per heavy atom. The molecular formula is C38H66O10. The zero-order chi connectivity index (χ0) is 34.4. The topological polar surface area (TPSA) is 108 Å². The van der Waals surface area contributed by atoms with E-state index in [9.17, 15) is 9.59 Å². The first-order valence-corrected chi connectivity index (χ1v) is 18.6. The summed E-state index contributed by atoms with van der Waals surface area (Å²) >= 11 is 0. The molecule has 0 aliphatic rings. The molecular weight excluding hydrogens is 616 g/mol. The minimum atomic E-state index is -0.888. The van der Waals surface area contributed by atoms with E-state index in [0.717, 1.165) is 13.0 Å². The Kier molecular flexibility index (Phi) is 33.4. The Hall–Kier alpha value is -1.92. The number of benzene rings is 1. The minimum Gasteiger partial charge on any atom is -0.457 e. The molecule has 0 aliphatic carbocycles. The van der Waals surface area contributed by atoms with Crippen molar-refractivity contribution in [3.05, 3.63) is 35.9 Å². The number of ketones is 1. The van der Waals surface area contributed by atoms with Gasteiger partial charge < -0.3 is 37.9 Å². The van der Waals surface area contributed by atoms with Gasteiger partial charge >= 0.3 is 5.97 Å². The van der Waals surface area contributed by atoms with E-state index >= 15 is 0 Å². The lowest BCUT2D eigenvalue weighted by molar-refractivity contribution is -0.139. The number of carbonyl (C=O) groups is 2. The lowest BCUT2D eigenvalue weighted by Gasteiger charge is -2.09. The number of rotatable bonds is 38. The van der Waals surface area contributed by atoms with Crippen molar-refractivity contribution >= 4 is 11.8 Å². The van der Waals surface area contributed by atoms with E-state index in [0.29, 0.717) is 84.8 Å². The van der Waals surface area contributed by atoms with Gasteiger partial charge in [-0.2, -0.15) is 0 Å². The number of esters is 1. The molecule has 0 saturated carbocycles. The maximum atomic E-state index is 11.9. The third-order valence-corrected chi connectivity index (χ3v) is 7.56. The largest absolute Gasteiger partial charge is 0.457 e. The molecule has 0 amide bonds. The lowest BCUT2D eigenvalue weighted by atomic mass is 10.0. The first-order valence-electron chi connectivity index (χ1n) is 18.6. The number of unbranched alkanes of at least 4 members (excludes halogenated alkanes) is 13. The van der Waals surface area contributed by atoms with Crippen LogP contribution in [0.25, 0.3) is 0 Å². The molecule has 0 heterocycles. The van der Waals surface area contributed by atoms with E-state index in [4.69, 9.17) is 37.9 Å². The SMILES string of the molecule is CCCCCCCCCCCCCCCCOCCOCCOCCOCCOCCOCCOCCOC(=O)C(=O)c1ccccc1. The number of Topliss-reactive ketones (excluding diaryl/α,β-unsaturated/α-hetero) is 1. The molecule has 10 nitrogen and oxygen atoms in total. The Labute approximate surface area is 290 Å². The van der Waals surface area contributed by atoms with Crippen LogP contribution in [0, 0.1) is 0 Å². The predicted octanol–water partition coefficient (Wildman–Crippen LogP) is 7.01. The minimum absolute atomic E-state index is 0.00833. The van der Waals surface area contributed by atoms with Gasteiger partial charge in [0.05, 0.1) is 85.9 Å². The molecule has 0 fully saturated rings. The molecule has 0 aliphatic heterocycles. The van der Waals surface area contributed by atoms with Gasteiger partial charge in [0.15, 0.2) is 0 Å². The molecule has 48 heavy (non-hydrogen) atoms. The predicted molar refractivity (Wildman–Crippen MR) is 188 cm³/mol. The van der Waals surface area contributed by atoms with Crippen LogP contribution in [-0.4, -0.2) is 111 Å². The summed E-state index contributed by atoms with van der Waals surface area (Å²) in [6, 6.07) is 8.30. The van der Waals surface area contributed by atoms with Gasteiger partial charge in [0.1, 0.15) is 6.61 Å². The van der Waals surface area contributed by atoms with E-state index in [1.165, 1.54) is 83.5 Å². The lowest BCUT2D eigenvalue weighted by Crippen LogP contribution is -2.20. The van der Waals surface area contributed by atoms with E-state index in [1.54, 1.807) is 30.3 Å². The van der Waals surface area contributed by atoms with Gasteiger partial charge in [0.2, 0.25) is 0 Å². The number of carbonyl (C=O) groups excluding carboxylic acids is 2. The Morgan fingerprint density at radius 1 is 0.396 bits per heavy atom. The average Bonchev–Trinajstić information content (AvgIpc) is 3.11. The van der Waals surface area contributed by atoms with E-state index < -0.39 is 11.8 Å². The molecule has 278 valence electrons. The van der Waals surface area contributed by atoms with Crippen LogP contribution in [0.4, 0.5) is 0 Å². The number of ether oxygens (including phenoxy) is 8. The summed E-state index contributed by atoms with van der Waals surface area (Å²) in [7, 11) is 0. The molecule has 0 N–H and O–H groups in total. The van der Waals surface area contributed by atoms with Crippen LogP contribution in [0.1, 0.15) is 107 Å². The highest BCUT2D eigenvalue weighted by Gasteiger charge is 2.17. The van der Waals surface area contributed by atoms with Gasteiger partial charge in [-0.05, 0) is 6.42 Å². The summed E-state index contributed by atoms with van der Waals surface area (Å²) in [6.45, 7) is 9.28. The summed E-state index contributed by atoms with van der Waals surface area (Å²) in [5.41, 5.74) is 0.304. The quantitative estimate of drug-likeness (QED) is 0.0313. The van der Waals surface area contributed by atoms with Gasteiger partial charge in [0.25, 0.3) is 5.78 Å². The number of hydrogen-bond acceptors (Lipinski definition) is 10. The van der Waals surface area contributed by atoms with Crippen LogP contribution < -0.4 is 0 Å². The monoisotopic (exact) mass is 682 g/mol. The second-order valence-electron chi connectivity index (χ2n) is 11.7. The Balaban J connectivity index is 1.65. The van der Waals surface area contributed by atoms with Crippen molar-refractivity contribution in [2.24, 2.45) is 0 Å². The fourth-order valence-electron chi connectivity index (χ4n) is 4.79. The summed E-state index contributed by atoms with van der Waals surface area (Å²) in [6.07, 6.45) is 19.2. The van der Waals surface area contributed by atoms with Gasteiger partial charge in [-0.1, -0.05) is 121 Å². The van der Waals surface area contributed by atoms with Crippen molar-refractivity contribution in [2.75, 3.05) is 99.1 Å².